The summed E-state index contributed by atoms with van der Waals surface area (Å²) in [6.45, 7) is 29.5. The van der Waals surface area contributed by atoms with E-state index in [9.17, 15) is 9.59 Å². The van der Waals surface area contributed by atoms with Gasteiger partial charge in [-0.25, -0.2) is 0 Å². The molecule has 2 rings (SSSR count). The second-order valence-corrected chi connectivity index (χ2v) is 14.1. The summed E-state index contributed by atoms with van der Waals surface area (Å²) in [7, 11) is 0. The molecule has 2 amide bonds. The van der Waals surface area contributed by atoms with Crippen LogP contribution < -0.4 is 10.6 Å². The highest BCUT2D eigenvalue weighted by molar-refractivity contribution is 5.87. The third-order valence-corrected chi connectivity index (χ3v) is 10.8. The Balaban J connectivity index is 2.04. The Morgan fingerprint density at radius 1 is 0.718 bits per heavy atom. The van der Waals surface area contributed by atoms with E-state index >= 15 is 0 Å². The van der Waals surface area contributed by atoms with Gasteiger partial charge in [0.25, 0.3) is 0 Å². The van der Waals surface area contributed by atoms with Crippen molar-refractivity contribution in [2.24, 2.45) is 16.2 Å². The van der Waals surface area contributed by atoms with Crippen LogP contribution in [0.1, 0.15) is 135 Å². The molecule has 0 aromatic carbocycles. The Morgan fingerprint density at radius 3 is 1.59 bits per heavy atom. The van der Waals surface area contributed by atoms with Crippen molar-refractivity contribution in [3.63, 3.8) is 0 Å². The zero-order valence-electron chi connectivity index (χ0n) is 27.6. The molecule has 1 atom stereocenters. The minimum Gasteiger partial charge on any atom is -0.354 e. The molecule has 0 spiro atoms. The number of hydrogen-bond acceptors (Lipinski definition) is 2. The maximum atomic E-state index is 13.4. The Bertz CT molecular complexity index is 1040. The number of allylic oxidation sites excluding steroid dienone is 8. The first-order valence-electron chi connectivity index (χ1n) is 15.2. The zero-order chi connectivity index (χ0) is 29.9. The van der Waals surface area contributed by atoms with Crippen LogP contribution in [-0.2, 0) is 9.59 Å². The van der Waals surface area contributed by atoms with Gasteiger partial charge in [-0.05, 0) is 109 Å². The number of nitrogens with one attached hydrogen (secondary N) is 2. The van der Waals surface area contributed by atoms with E-state index in [4.69, 9.17) is 0 Å². The van der Waals surface area contributed by atoms with Crippen molar-refractivity contribution in [1.29, 1.82) is 0 Å². The van der Waals surface area contributed by atoms with Crippen LogP contribution in [0.5, 0.6) is 0 Å². The van der Waals surface area contributed by atoms with E-state index in [1.807, 2.05) is 0 Å². The van der Waals surface area contributed by atoms with Gasteiger partial charge < -0.3 is 10.6 Å². The molecule has 2 N–H and O–H groups in total. The minimum atomic E-state index is -0.487. The highest BCUT2D eigenvalue weighted by Crippen LogP contribution is 2.49. The quantitative estimate of drug-likeness (QED) is 0.244. The molecule has 0 aliphatic heterocycles. The molecule has 0 aromatic rings. The molecule has 2 aliphatic rings. The number of carbonyl (C=O) groups excluding carboxylic acids is 2. The predicted molar refractivity (Wildman–Crippen MR) is 166 cm³/mol. The molecule has 4 heteroatoms. The third kappa shape index (κ3) is 7.35. The van der Waals surface area contributed by atoms with Crippen LogP contribution in [0.4, 0.5) is 0 Å². The summed E-state index contributed by atoms with van der Waals surface area (Å²) in [5.41, 5.74) is 11.2. The first kappa shape index (κ1) is 33.1. The van der Waals surface area contributed by atoms with E-state index in [0.717, 1.165) is 32.1 Å². The summed E-state index contributed by atoms with van der Waals surface area (Å²) in [5, 5.41) is 6.31. The fourth-order valence-electron chi connectivity index (χ4n) is 6.55. The van der Waals surface area contributed by atoms with Crippen molar-refractivity contribution < 1.29 is 9.59 Å². The van der Waals surface area contributed by atoms with E-state index in [0.29, 0.717) is 19.4 Å². The molecule has 0 unspecified atom stereocenters. The largest absolute Gasteiger partial charge is 0.354 e. The van der Waals surface area contributed by atoms with Crippen molar-refractivity contribution in [3.8, 4) is 0 Å². The third-order valence-electron chi connectivity index (χ3n) is 10.8. The predicted octanol–water partition coefficient (Wildman–Crippen LogP) is 8.75. The summed E-state index contributed by atoms with van der Waals surface area (Å²) >= 11 is 0. The van der Waals surface area contributed by atoms with Crippen molar-refractivity contribution >= 4 is 11.8 Å². The van der Waals surface area contributed by atoms with Crippen molar-refractivity contribution in [3.05, 3.63) is 44.6 Å². The van der Waals surface area contributed by atoms with E-state index in [2.05, 4.69) is 101 Å². The van der Waals surface area contributed by atoms with E-state index < -0.39 is 6.04 Å². The molecule has 4 nitrogen and oxygen atoms in total. The minimum absolute atomic E-state index is 0.0172. The number of hydrogen-bond donors (Lipinski definition) is 2. The van der Waals surface area contributed by atoms with Gasteiger partial charge >= 0.3 is 0 Å². The monoisotopic (exact) mass is 538 g/mol. The highest BCUT2D eigenvalue weighted by Gasteiger charge is 2.37. The molecule has 0 heterocycles. The summed E-state index contributed by atoms with van der Waals surface area (Å²) < 4.78 is 0. The maximum Gasteiger partial charge on any atom is 0.242 e. The van der Waals surface area contributed by atoms with Crippen LogP contribution in [0, 0.1) is 16.2 Å². The molecule has 2 aliphatic carbocycles. The fourth-order valence-corrected chi connectivity index (χ4v) is 6.55. The first-order chi connectivity index (χ1) is 17.9. The summed E-state index contributed by atoms with van der Waals surface area (Å²) in [5.74, 6) is -0.0788. The van der Waals surface area contributed by atoms with E-state index in [1.165, 1.54) is 44.6 Å². The molecular formula is C35H58N2O2. The van der Waals surface area contributed by atoms with Crippen molar-refractivity contribution in [2.45, 2.75) is 141 Å². The lowest BCUT2D eigenvalue weighted by Gasteiger charge is -2.30. The number of carbonyl (C=O) groups is 2. The molecule has 0 aromatic heterocycles. The standard InChI is InChI=1S/C35H58N2O2/c1-22-23(2)27(6)34(12,26(22)5)19-17-31(38)37-30(16-14-15-18-33(9,10)11)32(39)36-21-20-35(13)28(7)24(3)25(4)29(35)8/h30H,14-21H2,1-13H3,(H,36,39)(H,37,38)/t30-/m0/s1. The van der Waals surface area contributed by atoms with E-state index in [1.54, 1.807) is 0 Å². The van der Waals surface area contributed by atoms with Gasteiger partial charge in [-0.3, -0.25) is 9.59 Å². The SMILES string of the molecule is CC1=C(C)C(C)(CCNC(=O)[C@H](CCCCC(C)(C)C)NC(=O)CCC2(C)C(C)=C(C)C(C)=C2C)C(C)=C1C. The Kier molecular flexibility index (Phi) is 10.7. The maximum absolute atomic E-state index is 13.4. The molecule has 0 radical (unpaired) electrons. The fraction of sp³-hybridized carbons (Fsp3) is 0.714. The van der Waals surface area contributed by atoms with Crippen molar-refractivity contribution in [1.82, 2.24) is 10.6 Å². The second-order valence-electron chi connectivity index (χ2n) is 14.1. The summed E-state index contributed by atoms with van der Waals surface area (Å²) in [6, 6.07) is -0.487. The first-order valence-corrected chi connectivity index (χ1v) is 15.2. The second kappa shape index (κ2) is 12.6. The van der Waals surface area contributed by atoms with E-state index in [-0.39, 0.29) is 28.1 Å². The summed E-state index contributed by atoms with van der Waals surface area (Å²) in [6.07, 6.45) is 5.81. The molecular weight excluding hydrogens is 480 g/mol. The zero-order valence-corrected chi connectivity index (χ0v) is 27.6. The van der Waals surface area contributed by atoms with Gasteiger partial charge in [0.2, 0.25) is 11.8 Å². The average molecular weight is 539 g/mol. The van der Waals surface area contributed by atoms with Crippen LogP contribution in [0.3, 0.4) is 0 Å². The van der Waals surface area contributed by atoms with Gasteiger partial charge in [-0.1, -0.05) is 69.8 Å². The highest BCUT2D eigenvalue weighted by atomic mass is 16.2. The normalized spacial score (nSPS) is 19.8. The number of rotatable bonds is 12. The van der Waals surface area contributed by atoms with Gasteiger partial charge in [0, 0.05) is 23.8 Å². The van der Waals surface area contributed by atoms with Gasteiger partial charge in [-0.2, -0.15) is 0 Å². The molecule has 0 saturated heterocycles. The summed E-state index contributed by atoms with van der Waals surface area (Å²) in [4.78, 5) is 26.6. The average Bonchev–Trinajstić information content (AvgIpc) is 3.10. The van der Waals surface area contributed by atoms with Crippen LogP contribution in [0.2, 0.25) is 0 Å². The molecule has 39 heavy (non-hydrogen) atoms. The molecule has 0 saturated carbocycles. The lowest BCUT2D eigenvalue weighted by atomic mass is 9.75. The molecule has 0 bridgehead atoms. The van der Waals surface area contributed by atoms with Gasteiger partial charge in [-0.15, -0.1) is 0 Å². The van der Waals surface area contributed by atoms with Crippen LogP contribution in [0.25, 0.3) is 0 Å². The lowest BCUT2D eigenvalue weighted by molar-refractivity contribution is -0.129. The molecule has 0 fully saturated rings. The van der Waals surface area contributed by atoms with Gasteiger partial charge in [0.15, 0.2) is 0 Å². The smallest absolute Gasteiger partial charge is 0.242 e. The number of unbranched alkanes of at least 4 members (excludes halogenated alkanes) is 1. The number of amides is 2. The Labute approximate surface area is 240 Å². The lowest BCUT2D eigenvalue weighted by Crippen LogP contribution is -2.47. The van der Waals surface area contributed by atoms with Crippen LogP contribution >= 0.6 is 0 Å². The van der Waals surface area contributed by atoms with Crippen molar-refractivity contribution in [2.75, 3.05) is 6.54 Å². The van der Waals surface area contributed by atoms with Gasteiger partial charge in [0.1, 0.15) is 6.04 Å². The van der Waals surface area contributed by atoms with Gasteiger partial charge in [0.05, 0.1) is 0 Å². The Hall–Kier alpha value is -2.10. The molecule has 220 valence electrons. The topological polar surface area (TPSA) is 58.2 Å². The van der Waals surface area contributed by atoms with Crippen LogP contribution in [0.15, 0.2) is 44.6 Å². The Morgan fingerprint density at radius 2 is 1.15 bits per heavy atom. The van der Waals surface area contributed by atoms with Crippen LogP contribution in [-0.4, -0.2) is 24.4 Å².